The van der Waals surface area contributed by atoms with Gasteiger partial charge in [-0.05, 0) is 31.2 Å². The zero-order valence-corrected chi connectivity index (χ0v) is 15.4. The largest absolute Gasteiger partial charge is 0.485 e. The molecule has 2 aromatic heterocycles. The highest BCUT2D eigenvalue weighted by Gasteiger charge is 2.14. The Labute approximate surface area is 157 Å². The third kappa shape index (κ3) is 3.33. The van der Waals surface area contributed by atoms with Crippen molar-refractivity contribution in [3.05, 3.63) is 63.1 Å². The van der Waals surface area contributed by atoms with E-state index in [0.29, 0.717) is 28.2 Å². The topological polar surface area (TPSA) is 52.3 Å². The monoisotopic (exact) mass is 390 g/mol. The normalized spacial score (nSPS) is 11.2. The number of hydrogen-bond donors (Lipinski definition) is 0. The smallest absolute Gasteiger partial charge is 0.235 e. The highest BCUT2D eigenvalue weighted by Crippen LogP contribution is 2.29. The Kier molecular flexibility index (Phi) is 4.33. The Morgan fingerprint density at radius 2 is 2.00 bits per heavy atom. The maximum atomic E-state index is 6.12. The molecule has 0 aliphatic carbocycles. The lowest BCUT2D eigenvalue weighted by Gasteiger charge is -2.05. The molecule has 0 atom stereocenters. The summed E-state index contributed by atoms with van der Waals surface area (Å²) in [6.07, 6.45) is 0. The van der Waals surface area contributed by atoms with E-state index < -0.39 is 0 Å². The molecule has 0 spiro atoms. The number of nitrogens with zero attached hydrogens (tertiary/aromatic N) is 4. The van der Waals surface area contributed by atoms with Gasteiger partial charge in [0, 0.05) is 10.6 Å². The van der Waals surface area contributed by atoms with Crippen molar-refractivity contribution in [1.29, 1.82) is 0 Å². The van der Waals surface area contributed by atoms with Crippen molar-refractivity contribution in [3.8, 4) is 17.1 Å². The maximum Gasteiger partial charge on any atom is 0.235 e. The summed E-state index contributed by atoms with van der Waals surface area (Å²) in [5.74, 6) is 1.28. The highest BCUT2D eigenvalue weighted by molar-refractivity contribution is 7.16. The molecule has 0 radical (unpaired) electrons. The van der Waals surface area contributed by atoms with Crippen LogP contribution in [0.1, 0.15) is 10.6 Å². The van der Waals surface area contributed by atoms with Crippen LogP contribution in [0.3, 0.4) is 0 Å². The van der Waals surface area contributed by atoms with Gasteiger partial charge in [-0.15, -0.1) is 10.2 Å². The number of aromatic nitrogens is 4. The second-order valence-electron chi connectivity index (χ2n) is 5.45. The molecular formula is C17H12Cl2N4OS. The van der Waals surface area contributed by atoms with E-state index in [1.165, 1.54) is 11.3 Å². The van der Waals surface area contributed by atoms with E-state index >= 15 is 0 Å². The first kappa shape index (κ1) is 16.3. The predicted octanol–water partition coefficient (Wildman–Crippen LogP) is 5.05. The fourth-order valence-electron chi connectivity index (χ4n) is 2.41. The van der Waals surface area contributed by atoms with Gasteiger partial charge < -0.3 is 4.74 Å². The fourth-order valence-corrected chi connectivity index (χ4v) is 3.62. The Morgan fingerprint density at radius 1 is 1.12 bits per heavy atom. The number of benzene rings is 2. The molecule has 0 amide bonds. The van der Waals surface area contributed by atoms with Crippen molar-refractivity contribution >= 4 is 39.5 Å². The average molecular weight is 391 g/mol. The molecule has 25 heavy (non-hydrogen) atoms. The van der Waals surface area contributed by atoms with Gasteiger partial charge in [0.25, 0.3) is 0 Å². The predicted molar refractivity (Wildman–Crippen MR) is 99.6 cm³/mol. The third-order valence-electron chi connectivity index (χ3n) is 3.55. The number of fused-ring (bicyclic) bond motifs is 1. The van der Waals surface area contributed by atoms with Crippen LogP contribution in [0.15, 0.2) is 42.5 Å². The zero-order chi connectivity index (χ0) is 17.4. The number of ether oxygens (including phenoxy) is 1. The van der Waals surface area contributed by atoms with E-state index in [2.05, 4.69) is 21.4 Å². The standard InChI is InChI=1S/C17H12Cl2N4OS/c1-10-3-2-4-11(7-10)16-20-21-17-23(16)22-15(25-17)9-24-14-6-5-12(18)8-13(14)19/h2-8H,9H2,1H3. The summed E-state index contributed by atoms with van der Waals surface area (Å²) in [6, 6.07) is 13.2. The number of halogens is 2. The molecule has 4 rings (SSSR count). The van der Waals surface area contributed by atoms with Gasteiger partial charge in [-0.25, -0.2) is 0 Å². The minimum atomic E-state index is 0.294. The van der Waals surface area contributed by atoms with E-state index in [1.54, 1.807) is 22.7 Å². The lowest BCUT2D eigenvalue weighted by molar-refractivity contribution is 0.304. The van der Waals surface area contributed by atoms with Gasteiger partial charge in [0.1, 0.15) is 12.4 Å². The Morgan fingerprint density at radius 3 is 2.80 bits per heavy atom. The van der Waals surface area contributed by atoms with Gasteiger partial charge in [0.05, 0.1) is 5.02 Å². The SMILES string of the molecule is Cc1cccc(-c2nnc3sc(COc4ccc(Cl)cc4Cl)nn23)c1. The van der Waals surface area contributed by atoms with E-state index in [9.17, 15) is 0 Å². The molecule has 126 valence electrons. The number of hydrogen-bond acceptors (Lipinski definition) is 5. The maximum absolute atomic E-state index is 6.12. The van der Waals surface area contributed by atoms with Crippen LogP contribution in [-0.4, -0.2) is 19.8 Å². The summed E-state index contributed by atoms with van der Waals surface area (Å²) in [4.78, 5) is 0.720. The lowest BCUT2D eigenvalue weighted by Crippen LogP contribution is -1.98. The van der Waals surface area contributed by atoms with E-state index in [-0.39, 0.29) is 0 Å². The molecule has 0 saturated heterocycles. The summed E-state index contributed by atoms with van der Waals surface area (Å²) in [5.41, 5.74) is 2.14. The van der Waals surface area contributed by atoms with E-state index in [1.807, 2.05) is 25.1 Å². The molecule has 0 saturated carbocycles. The van der Waals surface area contributed by atoms with Crippen LogP contribution in [0.25, 0.3) is 16.3 Å². The van der Waals surface area contributed by atoms with Crippen LogP contribution in [0.5, 0.6) is 5.75 Å². The molecule has 2 aromatic carbocycles. The van der Waals surface area contributed by atoms with Crippen LogP contribution >= 0.6 is 34.5 Å². The molecule has 0 aliphatic rings. The molecule has 4 aromatic rings. The van der Waals surface area contributed by atoms with Crippen molar-refractivity contribution in [1.82, 2.24) is 19.8 Å². The van der Waals surface area contributed by atoms with Gasteiger partial charge in [-0.2, -0.15) is 9.61 Å². The Bertz CT molecular complexity index is 1060. The molecule has 0 aliphatic heterocycles. The highest BCUT2D eigenvalue weighted by atomic mass is 35.5. The van der Waals surface area contributed by atoms with E-state index in [4.69, 9.17) is 27.9 Å². The van der Waals surface area contributed by atoms with Crippen LogP contribution in [-0.2, 0) is 6.61 Å². The molecule has 0 unspecified atom stereocenters. The van der Waals surface area contributed by atoms with Gasteiger partial charge in [0.15, 0.2) is 10.8 Å². The van der Waals surface area contributed by atoms with Crippen molar-refractivity contribution in [3.63, 3.8) is 0 Å². The number of rotatable bonds is 4. The van der Waals surface area contributed by atoms with Crippen molar-refractivity contribution in [2.45, 2.75) is 13.5 Å². The molecule has 8 heteroatoms. The summed E-state index contributed by atoms with van der Waals surface area (Å²) in [5, 5.41) is 14.8. The first-order chi connectivity index (χ1) is 12.1. The van der Waals surface area contributed by atoms with Crippen LogP contribution in [0.4, 0.5) is 0 Å². The summed E-state index contributed by atoms with van der Waals surface area (Å²) >= 11 is 13.4. The first-order valence-corrected chi connectivity index (χ1v) is 9.03. The van der Waals surface area contributed by atoms with Gasteiger partial charge >= 0.3 is 0 Å². The van der Waals surface area contributed by atoms with Crippen molar-refractivity contribution in [2.24, 2.45) is 0 Å². The van der Waals surface area contributed by atoms with E-state index in [0.717, 1.165) is 21.1 Å². The number of aryl methyl sites for hydroxylation is 1. The van der Waals surface area contributed by atoms with Crippen molar-refractivity contribution in [2.75, 3.05) is 0 Å². The molecule has 0 bridgehead atoms. The third-order valence-corrected chi connectivity index (χ3v) is 4.96. The summed E-state index contributed by atoms with van der Waals surface area (Å²) < 4.78 is 7.47. The van der Waals surface area contributed by atoms with Crippen LogP contribution < -0.4 is 4.74 Å². The Hall–Kier alpha value is -2.15. The minimum Gasteiger partial charge on any atom is -0.485 e. The molecule has 0 N–H and O–H groups in total. The average Bonchev–Trinajstić information content (AvgIpc) is 3.14. The van der Waals surface area contributed by atoms with Gasteiger partial charge in [0.2, 0.25) is 4.96 Å². The minimum absolute atomic E-state index is 0.294. The zero-order valence-electron chi connectivity index (χ0n) is 13.1. The second-order valence-corrected chi connectivity index (χ2v) is 7.33. The Balaban J connectivity index is 1.60. The fraction of sp³-hybridized carbons (Fsp3) is 0.118. The molecule has 5 nitrogen and oxygen atoms in total. The summed E-state index contributed by atoms with van der Waals surface area (Å²) in [6.45, 7) is 2.33. The van der Waals surface area contributed by atoms with Crippen LogP contribution in [0, 0.1) is 6.92 Å². The first-order valence-electron chi connectivity index (χ1n) is 7.46. The molecule has 2 heterocycles. The van der Waals surface area contributed by atoms with Gasteiger partial charge in [-0.1, -0.05) is 58.3 Å². The quantitative estimate of drug-likeness (QED) is 0.489. The van der Waals surface area contributed by atoms with Crippen molar-refractivity contribution < 1.29 is 4.74 Å². The second kappa shape index (κ2) is 6.63. The summed E-state index contributed by atoms with van der Waals surface area (Å²) in [7, 11) is 0. The molecule has 0 fully saturated rings. The molecular weight excluding hydrogens is 379 g/mol. The lowest BCUT2D eigenvalue weighted by atomic mass is 10.1. The van der Waals surface area contributed by atoms with Crippen LogP contribution in [0.2, 0.25) is 10.0 Å². The van der Waals surface area contributed by atoms with Gasteiger partial charge in [-0.3, -0.25) is 0 Å².